The van der Waals surface area contributed by atoms with Crippen LogP contribution in [0.25, 0.3) is 0 Å². The molecule has 0 aromatic heterocycles. The molecular formula is C21H24O3S2. The van der Waals surface area contributed by atoms with Crippen LogP contribution in [-0.2, 0) is 9.47 Å². The van der Waals surface area contributed by atoms with Crippen molar-refractivity contribution in [2.24, 2.45) is 0 Å². The van der Waals surface area contributed by atoms with Gasteiger partial charge in [0.2, 0.25) is 0 Å². The van der Waals surface area contributed by atoms with Crippen molar-refractivity contribution >= 4 is 23.5 Å². The molecule has 0 aliphatic carbocycles. The number of hydrogen-bond donors (Lipinski definition) is 1. The molecule has 3 nitrogen and oxygen atoms in total. The molecule has 1 saturated heterocycles. The second kappa shape index (κ2) is 9.11. The molecule has 1 aliphatic rings. The summed E-state index contributed by atoms with van der Waals surface area (Å²) in [6.45, 7) is 4.39. The standard InChI is InChI=1S/C21H24O3S2/c1-21(2)23-14-19(24-21)18(15-25-16-9-5-3-6-10-16)20(13-22)26-17-11-7-4-8-12-17/h3-12,15,19-20,22H,13-14H2,1-2H3/b18-15+. The summed E-state index contributed by atoms with van der Waals surface area (Å²) in [5.41, 5.74) is 1.06. The van der Waals surface area contributed by atoms with E-state index in [1.54, 1.807) is 23.5 Å². The Hall–Kier alpha value is -1.24. The zero-order valence-electron chi connectivity index (χ0n) is 15.0. The summed E-state index contributed by atoms with van der Waals surface area (Å²) >= 11 is 3.30. The first-order valence-corrected chi connectivity index (χ1v) is 10.4. The van der Waals surface area contributed by atoms with Gasteiger partial charge in [-0.05, 0) is 49.1 Å². The van der Waals surface area contributed by atoms with Crippen LogP contribution in [0, 0.1) is 0 Å². The van der Waals surface area contributed by atoms with Crippen LogP contribution >= 0.6 is 23.5 Å². The van der Waals surface area contributed by atoms with Crippen molar-refractivity contribution in [1.29, 1.82) is 0 Å². The van der Waals surface area contributed by atoms with E-state index < -0.39 is 5.79 Å². The van der Waals surface area contributed by atoms with Gasteiger partial charge in [0.25, 0.3) is 0 Å². The van der Waals surface area contributed by atoms with Crippen LogP contribution in [0.1, 0.15) is 13.8 Å². The van der Waals surface area contributed by atoms with E-state index in [-0.39, 0.29) is 18.0 Å². The van der Waals surface area contributed by atoms with Crippen LogP contribution in [0.4, 0.5) is 0 Å². The fourth-order valence-electron chi connectivity index (χ4n) is 2.72. The minimum Gasteiger partial charge on any atom is -0.395 e. The number of thioether (sulfide) groups is 2. The fraction of sp³-hybridized carbons (Fsp3) is 0.333. The number of rotatable bonds is 7. The zero-order chi connectivity index (χ0) is 18.4. The molecule has 2 unspecified atom stereocenters. The Bertz CT molecular complexity index is 717. The summed E-state index contributed by atoms with van der Waals surface area (Å²) in [4.78, 5) is 2.28. The van der Waals surface area contributed by atoms with Crippen molar-refractivity contribution in [3.63, 3.8) is 0 Å². The molecular weight excluding hydrogens is 364 g/mol. The highest BCUT2D eigenvalue weighted by Gasteiger charge is 2.37. The van der Waals surface area contributed by atoms with Crippen LogP contribution in [-0.4, -0.2) is 35.5 Å². The SMILES string of the molecule is CC1(C)OCC(/C(=C\Sc2ccccc2)C(CO)Sc2ccccc2)O1. The Balaban J connectivity index is 1.83. The maximum Gasteiger partial charge on any atom is 0.163 e. The van der Waals surface area contributed by atoms with Gasteiger partial charge in [0.05, 0.1) is 18.5 Å². The third-order valence-electron chi connectivity index (χ3n) is 4.01. The van der Waals surface area contributed by atoms with E-state index in [0.717, 1.165) is 15.4 Å². The van der Waals surface area contributed by atoms with Gasteiger partial charge in [-0.15, -0.1) is 11.8 Å². The lowest BCUT2D eigenvalue weighted by Gasteiger charge is -2.24. The number of aliphatic hydroxyl groups excluding tert-OH is 1. The van der Waals surface area contributed by atoms with E-state index in [1.165, 1.54) is 0 Å². The summed E-state index contributed by atoms with van der Waals surface area (Å²) in [6.07, 6.45) is -0.158. The summed E-state index contributed by atoms with van der Waals surface area (Å²) in [7, 11) is 0. The Morgan fingerprint density at radius 2 is 1.73 bits per heavy atom. The molecule has 138 valence electrons. The number of aliphatic hydroxyl groups is 1. The molecule has 1 N–H and O–H groups in total. The first-order chi connectivity index (χ1) is 12.6. The van der Waals surface area contributed by atoms with Gasteiger partial charge in [0.15, 0.2) is 5.79 Å². The molecule has 3 rings (SSSR count). The lowest BCUT2D eigenvalue weighted by Crippen LogP contribution is -2.27. The first-order valence-electron chi connectivity index (χ1n) is 8.63. The fourth-order valence-corrected chi connectivity index (χ4v) is 4.78. The Morgan fingerprint density at radius 1 is 1.12 bits per heavy atom. The van der Waals surface area contributed by atoms with Crippen molar-refractivity contribution in [3.05, 3.63) is 71.6 Å². The second-order valence-corrected chi connectivity index (χ2v) is 8.69. The molecule has 2 atom stereocenters. The first kappa shape index (κ1) is 19.5. The summed E-state index contributed by atoms with van der Waals surface area (Å²) in [5.74, 6) is -0.599. The van der Waals surface area contributed by atoms with Crippen molar-refractivity contribution in [1.82, 2.24) is 0 Å². The quantitative estimate of drug-likeness (QED) is 0.678. The number of ether oxygens (including phenoxy) is 2. The summed E-state index contributed by atoms with van der Waals surface area (Å²) in [6, 6.07) is 20.3. The normalized spacial score (nSPS) is 20.9. The molecule has 5 heteroatoms. The molecule has 2 aromatic carbocycles. The molecule has 1 fully saturated rings. The second-order valence-electron chi connectivity index (χ2n) is 6.47. The highest BCUT2D eigenvalue weighted by Crippen LogP contribution is 2.36. The van der Waals surface area contributed by atoms with Gasteiger partial charge in [-0.1, -0.05) is 48.2 Å². The van der Waals surface area contributed by atoms with Gasteiger partial charge in [-0.2, -0.15) is 0 Å². The van der Waals surface area contributed by atoms with Gasteiger partial charge in [0.1, 0.15) is 6.10 Å². The summed E-state index contributed by atoms with van der Waals surface area (Å²) in [5, 5.41) is 12.1. The average Bonchev–Trinajstić information content (AvgIpc) is 3.02. The lowest BCUT2D eigenvalue weighted by molar-refractivity contribution is -0.134. The molecule has 26 heavy (non-hydrogen) atoms. The molecule has 0 bridgehead atoms. The van der Waals surface area contributed by atoms with Crippen LogP contribution in [0.2, 0.25) is 0 Å². The third kappa shape index (κ3) is 5.38. The third-order valence-corrected chi connectivity index (χ3v) is 6.20. The van der Waals surface area contributed by atoms with E-state index in [0.29, 0.717) is 6.61 Å². The monoisotopic (exact) mass is 388 g/mol. The highest BCUT2D eigenvalue weighted by atomic mass is 32.2. The average molecular weight is 389 g/mol. The maximum atomic E-state index is 10.1. The van der Waals surface area contributed by atoms with Gasteiger partial charge < -0.3 is 14.6 Å². The minimum atomic E-state index is -0.599. The van der Waals surface area contributed by atoms with Crippen molar-refractivity contribution < 1.29 is 14.6 Å². The van der Waals surface area contributed by atoms with Crippen molar-refractivity contribution in [3.8, 4) is 0 Å². The molecule has 0 radical (unpaired) electrons. The molecule has 2 aromatic rings. The highest BCUT2D eigenvalue weighted by molar-refractivity contribution is 8.02. The van der Waals surface area contributed by atoms with Crippen molar-refractivity contribution in [2.75, 3.05) is 13.2 Å². The van der Waals surface area contributed by atoms with E-state index in [2.05, 4.69) is 29.7 Å². The predicted molar refractivity (Wildman–Crippen MR) is 108 cm³/mol. The van der Waals surface area contributed by atoms with E-state index in [1.807, 2.05) is 50.2 Å². The van der Waals surface area contributed by atoms with Gasteiger partial charge in [-0.3, -0.25) is 0 Å². The minimum absolute atomic E-state index is 0.0427. The van der Waals surface area contributed by atoms with Crippen LogP contribution in [0.3, 0.4) is 0 Å². The smallest absolute Gasteiger partial charge is 0.163 e. The molecule has 1 aliphatic heterocycles. The Morgan fingerprint density at radius 3 is 2.27 bits per heavy atom. The number of benzene rings is 2. The Kier molecular flexibility index (Phi) is 6.84. The van der Waals surface area contributed by atoms with Crippen LogP contribution in [0.15, 0.2) is 81.4 Å². The van der Waals surface area contributed by atoms with Crippen molar-refractivity contribution in [2.45, 2.75) is 40.8 Å². The summed E-state index contributed by atoms with van der Waals surface area (Å²) < 4.78 is 11.9. The molecule has 0 saturated carbocycles. The predicted octanol–water partition coefficient (Wildman–Crippen LogP) is 4.97. The van der Waals surface area contributed by atoms with E-state index in [4.69, 9.17) is 9.47 Å². The molecule has 1 heterocycles. The largest absolute Gasteiger partial charge is 0.395 e. The van der Waals surface area contributed by atoms with Crippen LogP contribution < -0.4 is 0 Å². The molecule has 0 amide bonds. The zero-order valence-corrected chi connectivity index (χ0v) is 16.6. The number of hydrogen-bond acceptors (Lipinski definition) is 5. The lowest BCUT2D eigenvalue weighted by atomic mass is 10.1. The van der Waals surface area contributed by atoms with Gasteiger partial charge >= 0.3 is 0 Å². The van der Waals surface area contributed by atoms with E-state index in [9.17, 15) is 5.11 Å². The Labute approximate surface area is 163 Å². The topological polar surface area (TPSA) is 38.7 Å². The van der Waals surface area contributed by atoms with E-state index >= 15 is 0 Å². The van der Waals surface area contributed by atoms with Gasteiger partial charge in [0, 0.05) is 9.79 Å². The van der Waals surface area contributed by atoms with Gasteiger partial charge in [-0.25, -0.2) is 0 Å². The molecule has 0 spiro atoms. The maximum absolute atomic E-state index is 10.1. The van der Waals surface area contributed by atoms with Crippen LogP contribution in [0.5, 0.6) is 0 Å².